The molecule has 0 saturated carbocycles. The fraction of sp³-hybridized carbons (Fsp3) is 0.263. The van der Waals surface area contributed by atoms with Gasteiger partial charge in [-0.25, -0.2) is 13.6 Å². The van der Waals surface area contributed by atoms with Gasteiger partial charge in [-0.3, -0.25) is 4.79 Å². The second kappa shape index (κ2) is 7.95. The predicted octanol–water partition coefficient (Wildman–Crippen LogP) is 3.85. The Hall–Kier alpha value is -2.96. The number of amides is 3. The number of urea groups is 1. The van der Waals surface area contributed by atoms with Crippen molar-refractivity contribution in [1.29, 1.82) is 0 Å². The predicted molar refractivity (Wildman–Crippen MR) is 94.7 cm³/mol. The molecule has 5 nitrogen and oxygen atoms in total. The summed E-state index contributed by atoms with van der Waals surface area (Å²) in [5.41, 5.74) is 0.880. The Morgan fingerprint density at radius 2 is 1.73 bits per heavy atom. The van der Waals surface area contributed by atoms with Crippen LogP contribution >= 0.6 is 0 Å². The molecule has 0 spiro atoms. The number of benzene rings is 2. The number of carbonyl (C=O) groups excluding carboxylic acids is 2. The molecule has 1 saturated heterocycles. The normalized spacial score (nSPS) is 16.8. The summed E-state index contributed by atoms with van der Waals surface area (Å²) in [4.78, 5) is 26.4. The van der Waals surface area contributed by atoms with E-state index < -0.39 is 17.6 Å². The average molecular weight is 359 g/mol. The van der Waals surface area contributed by atoms with Crippen LogP contribution < -0.4 is 10.6 Å². The Morgan fingerprint density at radius 3 is 2.46 bits per heavy atom. The van der Waals surface area contributed by atoms with Crippen molar-refractivity contribution >= 4 is 23.3 Å². The standard InChI is InChI=1S/C19H19F2N3O2/c20-16-9-8-15(11-17(16)21)22-18(25)13-5-4-10-24(12-13)19(26)23-14-6-2-1-3-7-14/h1-3,6-9,11,13H,4-5,10,12H2,(H,22,25)(H,23,26)/t13-/m1/s1. The molecule has 0 bridgehead atoms. The van der Waals surface area contributed by atoms with Crippen LogP contribution in [0.5, 0.6) is 0 Å². The van der Waals surface area contributed by atoms with Gasteiger partial charge in [0.25, 0.3) is 0 Å². The summed E-state index contributed by atoms with van der Waals surface area (Å²) in [6.45, 7) is 0.835. The minimum Gasteiger partial charge on any atom is -0.326 e. The second-order valence-electron chi connectivity index (χ2n) is 6.20. The minimum absolute atomic E-state index is 0.194. The van der Waals surface area contributed by atoms with Crippen molar-refractivity contribution in [2.75, 3.05) is 23.7 Å². The molecule has 2 N–H and O–H groups in total. The molecule has 0 unspecified atom stereocenters. The number of likely N-dealkylation sites (tertiary alicyclic amines) is 1. The van der Waals surface area contributed by atoms with E-state index in [4.69, 9.17) is 0 Å². The first-order chi connectivity index (χ1) is 12.5. The van der Waals surface area contributed by atoms with Gasteiger partial charge < -0.3 is 15.5 Å². The molecule has 2 aromatic carbocycles. The van der Waals surface area contributed by atoms with Gasteiger partial charge in [-0.15, -0.1) is 0 Å². The fourth-order valence-electron chi connectivity index (χ4n) is 2.92. The summed E-state index contributed by atoms with van der Waals surface area (Å²) >= 11 is 0. The SMILES string of the molecule is O=C(Nc1ccc(F)c(F)c1)[C@@H]1CCCN(C(=O)Nc2ccccc2)C1. The molecule has 0 radical (unpaired) electrons. The van der Waals surface area contributed by atoms with E-state index in [-0.39, 0.29) is 24.2 Å². The van der Waals surface area contributed by atoms with E-state index in [1.165, 1.54) is 6.07 Å². The third kappa shape index (κ3) is 4.36. The van der Waals surface area contributed by atoms with Crippen molar-refractivity contribution in [3.05, 3.63) is 60.2 Å². The summed E-state index contributed by atoms with van der Waals surface area (Å²) in [5, 5.41) is 5.38. The second-order valence-corrected chi connectivity index (χ2v) is 6.20. The quantitative estimate of drug-likeness (QED) is 0.874. The van der Waals surface area contributed by atoms with Gasteiger partial charge in [-0.1, -0.05) is 18.2 Å². The molecule has 1 aliphatic rings. The lowest BCUT2D eigenvalue weighted by Gasteiger charge is -2.32. The van der Waals surface area contributed by atoms with E-state index in [2.05, 4.69) is 10.6 Å². The zero-order chi connectivity index (χ0) is 18.5. The number of hydrogen-bond donors (Lipinski definition) is 2. The highest BCUT2D eigenvalue weighted by molar-refractivity contribution is 5.94. The maximum Gasteiger partial charge on any atom is 0.321 e. The van der Waals surface area contributed by atoms with Crippen LogP contribution in [0.3, 0.4) is 0 Å². The number of nitrogens with one attached hydrogen (secondary N) is 2. The molecule has 2 aromatic rings. The first-order valence-corrected chi connectivity index (χ1v) is 8.40. The van der Waals surface area contributed by atoms with E-state index in [1.54, 1.807) is 17.0 Å². The Labute approximate surface area is 150 Å². The Kier molecular flexibility index (Phi) is 5.46. The van der Waals surface area contributed by atoms with Gasteiger partial charge in [-0.05, 0) is 37.1 Å². The molecule has 1 heterocycles. The van der Waals surface area contributed by atoms with E-state index in [0.717, 1.165) is 12.1 Å². The van der Waals surface area contributed by atoms with Crippen LogP contribution in [0.1, 0.15) is 12.8 Å². The molecule has 1 aliphatic heterocycles. The molecule has 1 fully saturated rings. The van der Waals surface area contributed by atoms with Gasteiger partial charge in [0.1, 0.15) is 0 Å². The molecular weight excluding hydrogens is 340 g/mol. The van der Waals surface area contributed by atoms with Gasteiger partial charge in [0, 0.05) is 30.5 Å². The van der Waals surface area contributed by atoms with Crippen LogP contribution in [0.4, 0.5) is 25.0 Å². The van der Waals surface area contributed by atoms with Crippen molar-refractivity contribution < 1.29 is 18.4 Å². The Morgan fingerprint density at radius 1 is 0.962 bits per heavy atom. The van der Waals surface area contributed by atoms with Crippen LogP contribution in [0.25, 0.3) is 0 Å². The molecule has 0 aliphatic carbocycles. The van der Waals surface area contributed by atoms with Crippen molar-refractivity contribution in [3.63, 3.8) is 0 Å². The summed E-state index contributed by atoms with van der Waals surface area (Å²) < 4.78 is 26.2. The third-order valence-electron chi connectivity index (χ3n) is 4.29. The van der Waals surface area contributed by atoms with Crippen molar-refractivity contribution in [3.8, 4) is 0 Å². The Balaban J connectivity index is 1.59. The number of carbonyl (C=O) groups is 2. The average Bonchev–Trinajstić information content (AvgIpc) is 2.65. The monoisotopic (exact) mass is 359 g/mol. The lowest BCUT2D eigenvalue weighted by atomic mass is 9.97. The summed E-state index contributed by atoms with van der Waals surface area (Å²) in [6, 6.07) is 12.0. The van der Waals surface area contributed by atoms with Crippen LogP contribution in [-0.2, 0) is 4.79 Å². The first kappa shape index (κ1) is 17.8. The number of rotatable bonds is 3. The number of anilines is 2. The highest BCUT2D eigenvalue weighted by atomic mass is 19.2. The molecule has 26 heavy (non-hydrogen) atoms. The van der Waals surface area contributed by atoms with Crippen LogP contribution in [0, 0.1) is 17.6 Å². The third-order valence-corrected chi connectivity index (χ3v) is 4.29. The highest BCUT2D eigenvalue weighted by Crippen LogP contribution is 2.21. The molecular formula is C19H19F2N3O2. The molecule has 136 valence electrons. The van der Waals surface area contributed by atoms with E-state index in [0.29, 0.717) is 25.1 Å². The van der Waals surface area contributed by atoms with Crippen LogP contribution in [-0.4, -0.2) is 29.9 Å². The van der Waals surface area contributed by atoms with Crippen molar-refractivity contribution in [2.24, 2.45) is 5.92 Å². The molecule has 3 amide bonds. The summed E-state index contributed by atoms with van der Waals surface area (Å²) in [7, 11) is 0. The van der Waals surface area contributed by atoms with Gasteiger partial charge in [0.15, 0.2) is 11.6 Å². The number of hydrogen-bond acceptors (Lipinski definition) is 2. The van der Waals surface area contributed by atoms with Crippen LogP contribution in [0.15, 0.2) is 48.5 Å². The number of para-hydroxylation sites is 1. The first-order valence-electron chi connectivity index (χ1n) is 8.40. The number of nitrogens with zero attached hydrogens (tertiary/aromatic N) is 1. The zero-order valence-electron chi connectivity index (χ0n) is 14.0. The minimum atomic E-state index is -1.02. The lowest BCUT2D eigenvalue weighted by molar-refractivity contribution is -0.121. The highest BCUT2D eigenvalue weighted by Gasteiger charge is 2.28. The topological polar surface area (TPSA) is 61.4 Å². The van der Waals surface area contributed by atoms with Crippen molar-refractivity contribution in [2.45, 2.75) is 12.8 Å². The number of piperidine rings is 1. The molecule has 1 atom stereocenters. The van der Waals surface area contributed by atoms with Crippen molar-refractivity contribution in [1.82, 2.24) is 4.90 Å². The number of halogens is 2. The van der Waals surface area contributed by atoms with Gasteiger partial charge in [0.05, 0.1) is 5.92 Å². The van der Waals surface area contributed by atoms with E-state index >= 15 is 0 Å². The molecule has 0 aromatic heterocycles. The van der Waals surface area contributed by atoms with E-state index in [1.807, 2.05) is 18.2 Å². The lowest BCUT2D eigenvalue weighted by Crippen LogP contribution is -2.45. The fourth-order valence-corrected chi connectivity index (χ4v) is 2.92. The van der Waals surface area contributed by atoms with E-state index in [9.17, 15) is 18.4 Å². The maximum atomic E-state index is 13.3. The molecule has 3 rings (SSSR count). The smallest absolute Gasteiger partial charge is 0.321 e. The summed E-state index contributed by atoms with van der Waals surface area (Å²) in [6.07, 6.45) is 1.32. The summed E-state index contributed by atoms with van der Waals surface area (Å²) in [5.74, 6) is -2.70. The Bertz CT molecular complexity index is 799. The van der Waals surface area contributed by atoms with Gasteiger partial charge in [0.2, 0.25) is 5.91 Å². The van der Waals surface area contributed by atoms with Crippen LogP contribution in [0.2, 0.25) is 0 Å². The largest absolute Gasteiger partial charge is 0.326 e. The van der Waals surface area contributed by atoms with Gasteiger partial charge in [-0.2, -0.15) is 0 Å². The zero-order valence-corrected chi connectivity index (χ0v) is 14.0. The molecule has 7 heteroatoms. The van der Waals surface area contributed by atoms with Gasteiger partial charge >= 0.3 is 6.03 Å². The maximum absolute atomic E-state index is 13.3.